The van der Waals surface area contributed by atoms with Crippen LogP contribution in [0.5, 0.6) is 5.75 Å². The molecule has 1 atom stereocenters. The molecule has 9 heteroatoms. The third kappa shape index (κ3) is 3.04. The monoisotopic (exact) mass is 390 g/mol. The number of esters is 1. The fraction of sp³-hybridized carbons (Fsp3) is 0.167. The lowest BCUT2D eigenvalue weighted by Crippen LogP contribution is -2.34. The number of hydrogen-bond donors (Lipinski definition) is 1. The van der Waals surface area contributed by atoms with E-state index in [1.807, 2.05) is 0 Å². The van der Waals surface area contributed by atoms with Crippen molar-refractivity contribution in [2.75, 3.05) is 14.2 Å². The summed E-state index contributed by atoms with van der Waals surface area (Å²) in [6, 6.07) is 9.62. The third-order valence-corrected chi connectivity index (χ3v) is 4.38. The number of ether oxygens (including phenoxy) is 2. The second-order valence-corrected chi connectivity index (χ2v) is 6.01. The van der Waals surface area contributed by atoms with Gasteiger partial charge < -0.3 is 14.6 Å². The highest BCUT2D eigenvalue weighted by atomic mass is 35.5. The summed E-state index contributed by atoms with van der Waals surface area (Å²) in [4.78, 5) is 37.2. The number of halogens is 1. The van der Waals surface area contributed by atoms with Crippen molar-refractivity contribution in [2.24, 2.45) is 0 Å². The maximum atomic E-state index is 12.9. The molecule has 0 aliphatic heterocycles. The van der Waals surface area contributed by atoms with Crippen LogP contribution in [0.1, 0.15) is 11.6 Å². The number of hydrogen-bond acceptors (Lipinski definition) is 5. The Morgan fingerprint density at radius 1 is 1.11 bits per heavy atom. The van der Waals surface area contributed by atoms with Crippen LogP contribution in [-0.2, 0) is 9.53 Å². The summed E-state index contributed by atoms with van der Waals surface area (Å²) in [5.74, 6) is -0.413. The first-order valence-corrected chi connectivity index (χ1v) is 8.15. The second kappa shape index (κ2) is 7.16. The van der Waals surface area contributed by atoms with Crippen molar-refractivity contribution in [1.29, 1.82) is 0 Å². The van der Waals surface area contributed by atoms with Crippen LogP contribution < -0.4 is 10.4 Å². The summed E-state index contributed by atoms with van der Waals surface area (Å²) in [6.07, 6.45) is -1.48. The molecule has 0 aliphatic carbocycles. The van der Waals surface area contributed by atoms with Crippen LogP contribution in [0.4, 0.5) is 4.79 Å². The number of aromatic nitrogens is 2. The molecule has 3 rings (SSSR count). The summed E-state index contributed by atoms with van der Waals surface area (Å²) in [5.41, 5.74) is -0.295. The quantitative estimate of drug-likeness (QED) is 0.687. The number of methoxy groups -OCH3 is 2. The van der Waals surface area contributed by atoms with Crippen LogP contribution in [0.15, 0.2) is 47.3 Å². The van der Waals surface area contributed by atoms with Gasteiger partial charge in [0, 0.05) is 10.6 Å². The van der Waals surface area contributed by atoms with Crippen molar-refractivity contribution in [3.05, 3.63) is 63.5 Å². The van der Waals surface area contributed by atoms with Gasteiger partial charge in [-0.15, -0.1) is 0 Å². The third-order valence-electron chi connectivity index (χ3n) is 4.14. The fourth-order valence-electron chi connectivity index (χ4n) is 3.00. The van der Waals surface area contributed by atoms with Crippen LogP contribution >= 0.6 is 11.6 Å². The number of nitrogens with zero attached hydrogens (tertiary/aromatic N) is 2. The van der Waals surface area contributed by atoms with E-state index in [-0.39, 0.29) is 16.1 Å². The van der Waals surface area contributed by atoms with Gasteiger partial charge in [-0.3, -0.25) is 4.57 Å². The zero-order valence-corrected chi connectivity index (χ0v) is 15.1. The van der Waals surface area contributed by atoms with Crippen molar-refractivity contribution in [1.82, 2.24) is 9.13 Å². The Balaban J connectivity index is 2.44. The molecule has 0 spiro atoms. The van der Waals surface area contributed by atoms with Crippen molar-refractivity contribution in [3.8, 4) is 5.75 Å². The molecule has 27 heavy (non-hydrogen) atoms. The van der Waals surface area contributed by atoms with Gasteiger partial charge in [0.1, 0.15) is 5.75 Å². The van der Waals surface area contributed by atoms with E-state index in [4.69, 9.17) is 21.1 Å². The number of rotatable bonds is 4. The van der Waals surface area contributed by atoms with Crippen LogP contribution in [-0.4, -0.2) is 40.5 Å². The van der Waals surface area contributed by atoms with Gasteiger partial charge in [0.2, 0.25) is 0 Å². The lowest BCUT2D eigenvalue weighted by molar-refractivity contribution is -0.143. The largest absolute Gasteiger partial charge is 0.496 e. The molecule has 1 unspecified atom stereocenters. The zero-order valence-electron chi connectivity index (χ0n) is 14.4. The molecular weight excluding hydrogens is 376 g/mol. The summed E-state index contributed by atoms with van der Waals surface area (Å²) < 4.78 is 11.8. The zero-order chi connectivity index (χ0) is 19.7. The normalized spacial score (nSPS) is 12.0. The highest BCUT2D eigenvalue weighted by Crippen LogP contribution is 2.31. The van der Waals surface area contributed by atoms with E-state index in [0.717, 1.165) is 4.57 Å². The van der Waals surface area contributed by atoms with E-state index in [9.17, 15) is 19.5 Å². The summed E-state index contributed by atoms with van der Waals surface area (Å²) in [7, 11) is 2.60. The highest BCUT2D eigenvalue weighted by Gasteiger charge is 2.32. The number of carboxylic acid groups (broad SMARTS) is 1. The van der Waals surface area contributed by atoms with E-state index < -0.39 is 23.8 Å². The number of benzene rings is 2. The minimum atomic E-state index is -1.48. The number of para-hydroxylation sites is 1. The van der Waals surface area contributed by atoms with Gasteiger partial charge in [-0.25, -0.2) is 14.4 Å². The van der Waals surface area contributed by atoms with E-state index in [1.54, 1.807) is 24.3 Å². The molecule has 0 fully saturated rings. The molecule has 140 valence electrons. The number of carbonyl (C=O) groups is 2. The van der Waals surface area contributed by atoms with E-state index >= 15 is 0 Å². The molecule has 0 saturated carbocycles. The van der Waals surface area contributed by atoms with Crippen molar-refractivity contribution in [3.63, 3.8) is 0 Å². The first kappa shape index (κ1) is 18.5. The van der Waals surface area contributed by atoms with Crippen LogP contribution in [0.25, 0.3) is 11.0 Å². The minimum absolute atomic E-state index is 0.0979. The van der Waals surface area contributed by atoms with Gasteiger partial charge in [0.25, 0.3) is 0 Å². The van der Waals surface area contributed by atoms with E-state index in [0.29, 0.717) is 15.9 Å². The molecule has 1 heterocycles. The van der Waals surface area contributed by atoms with Crippen molar-refractivity contribution >= 4 is 34.7 Å². The van der Waals surface area contributed by atoms with Gasteiger partial charge >= 0.3 is 17.8 Å². The summed E-state index contributed by atoms with van der Waals surface area (Å²) in [6.45, 7) is 0. The molecule has 0 bridgehead atoms. The molecule has 0 radical (unpaired) electrons. The maximum Gasteiger partial charge on any atom is 0.420 e. The van der Waals surface area contributed by atoms with Gasteiger partial charge in [-0.1, -0.05) is 29.8 Å². The Labute approximate surface area is 158 Å². The van der Waals surface area contributed by atoms with Gasteiger partial charge in [0.05, 0.1) is 25.3 Å². The SMILES string of the molecule is COC(=O)C(c1ccccc1OC)n1c(=O)n(C(=O)O)c2ccc(Cl)cc21. The average Bonchev–Trinajstić information content (AvgIpc) is 2.94. The Kier molecular flexibility index (Phi) is 4.91. The van der Waals surface area contributed by atoms with E-state index in [2.05, 4.69) is 0 Å². The highest BCUT2D eigenvalue weighted by molar-refractivity contribution is 6.31. The van der Waals surface area contributed by atoms with Gasteiger partial charge in [-0.05, 0) is 24.3 Å². The number of carbonyl (C=O) groups excluding carboxylic acids is 1. The first-order chi connectivity index (χ1) is 12.9. The molecule has 0 saturated heterocycles. The minimum Gasteiger partial charge on any atom is -0.496 e. The smallest absolute Gasteiger partial charge is 0.420 e. The van der Waals surface area contributed by atoms with Crippen LogP contribution in [0, 0.1) is 0 Å². The number of fused-ring (bicyclic) bond motifs is 1. The molecule has 3 aromatic rings. The average molecular weight is 391 g/mol. The lowest BCUT2D eigenvalue weighted by Gasteiger charge is -2.19. The predicted molar refractivity (Wildman–Crippen MR) is 97.8 cm³/mol. The first-order valence-electron chi connectivity index (χ1n) is 7.77. The molecular formula is C18H15ClN2O6. The second-order valence-electron chi connectivity index (χ2n) is 5.57. The maximum absolute atomic E-state index is 12.9. The molecule has 0 amide bonds. The van der Waals surface area contributed by atoms with Gasteiger partial charge in [-0.2, -0.15) is 4.57 Å². The molecule has 1 N–H and O–H groups in total. The van der Waals surface area contributed by atoms with Crippen molar-refractivity contribution in [2.45, 2.75) is 6.04 Å². The Morgan fingerprint density at radius 3 is 2.44 bits per heavy atom. The van der Waals surface area contributed by atoms with Crippen LogP contribution in [0.2, 0.25) is 5.02 Å². The van der Waals surface area contributed by atoms with Crippen molar-refractivity contribution < 1.29 is 24.2 Å². The predicted octanol–water partition coefficient (Wildman–Crippen LogP) is 2.75. The van der Waals surface area contributed by atoms with E-state index in [1.165, 1.54) is 32.4 Å². The molecule has 8 nitrogen and oxygen atoms in total. The Morgan fingerprint density at radius 2 is 1.81 bits per heavy atom. The topological polar surface area (TPSA) is 99.8 Å². The van der Waals surface area contributed by atoms with Gasteiger partial charge in [0.15, 0.2) is 6.04 Å². The Hall–Kier alpha value is -3.26. The summed E-state index contributed by atoms with van der Waals surface area (Å²) >= 11 is 6.04. The fourth-order valence-corrected chi connectivity index (χ4v) is 3.17. The molecule has 0 aliphatic rings. The molecule has 1 aromatic heterocycles. The Bertz CT molecular complexity index is 1100. The standard InChI is InChI=1S/C18H15ClN2O6/c1-26-14-6-4-3-5-11(14)15(16(22)27-2)20-13-9-10(19)7-8-12(13)21(17(20)23)18(24)25/h3-9,15H,1-2H3,(H,24,25). The summed E-state index contributed by atoms with van der Waals surface area (Å²) in [5, 5.41) is 9.75. The number of imidazole rings is 1. The lowest BCUT2D eigenvalue weighted by atomic mass is 10.1. The van der Waals surface area contributed by atoms with Crippen LogP contribution in [0.3, 0.4) is 0 Å². The molecule has 2 aromatic carbocycles.